The quantitative estimate of drug-likeness (QED) is 0.765. The van der Waals surface area contributed by atoms with E-state index in [2.05, 4.69) is 44.6 Å². The highest BCUT2D eigenvalue weighted by Crippen LogP contribution is 2.41. The van der Waals surface area contributed by atoms with Crippen molar-refractivity contribution in [2.75, 3.05) is 6.54 Å². The van der Waals surface area contributed by atoms with Crippen molar-refractivity contribution in [3.05, 3.63) is 33.9 Å². The Labute approximate surface area is 109 Å². The van der Waals surface area contributed by atoms with Gasteiger partial charge in [0, 0.05) is 33.5 Å². The summed E-state index contributed by atoms with van der Waals surface area (Å²) < 4.78 is 1.19. The molecular formula is C14H15BrN2. The molecule has 0 radical (unpaired) electrons. The third kappa shape index (κ3) is 1.42. The molecule has 1 aromatic carbocycles. The Morgan fingerprint density at radius 1 is 1.29 bits per heavy atom. The van der Waals surface area contributed by atoms with Gasteiger partial charge in [-0.2, -0.15) is 0 Å². The van der Waals surface area contributed by atoms with E-state index in [1.165, 1.54) is 52.3 Å². The first-order valence-electron chi connectivity index (χ1n) is 6.36. The summed E-state index contributed by atoms with van der Waals surface area (Å²) in [4.78, 5) is 3.41. The number of rotatable bonds is 0. The van der Waals surface area contributed by atoms with Crippen LogP contribution in [-0.4, -0.2) is 17.6 Å². The Morgan fingerprint density at radius 3 is 3.18 bits per heavy atom. The smallest absolute Gasteiger partial charge is 0.0471 e. The molecule has 0 amide bonds. The fraction of sp³-hybridized carbons (Fsp3) is 0.429. The van der Waals surface area contributed by atoms with Crippen LogP contribution < -0.4 is 5.32 Å². The molecule has 88 valence electrons. The third-order valence-electron chi connectivity index (χ3n) is 4.28. The Bertz CT molecular complexity index is 587. The van der Waals surface area contributed by atoms with Crippen LogP contribution in [0, 0.1) is 0 Å². The summed E-state index contributed by atoms with van der Waals surface area (Å²) >= 11 is 3.63. The molecule has 2 atom stereocenters. The number of hydrogen-bond acceptors (Lipinski definition) is 1. The molecule has 2 aromatic rings. The van der Waals surface area contributed by atoms with Crippen LogP contribution in [0.25, 0.3) is 10.9 Å². The number of fused-ring (bicyclic) bond motifs is 2. The van der Waals surface area contributed by atoms with Gasteiger partial charge in [-0.3, -0.25) is 0 Å². The molecule has 2 aliphatic rings. The van der Waals surface area contributed by atoms with Crippen LogP contribution in [0.4, 0.5) is 0 Å². The SMILES string of the molecule is Brc1cc2c3c(c[nH]c3c1)C[C@H]1NCCCC21. The van der Waals surface area contributed by atoms with E-state index in [0.29, 0.717) is 12.0 Å². The molecule has 1 aliphatic carbocycles. The molecule has 0 spiro atoms. The van der Waals surface area contributed by atoms with E-state index >= 15 is 0 Å². The van der Waals surface area contributed by atoms with Gasteiger partial charge in [0.25, 0.3) is 0 Å². The Morgan fingerprint density at radius 2 is 2.24 bits per heavy atom. The summed E-state index contributed by atoms with van der Waals surface area (Å²) in [5.41, 5.74) is 4.31. The lowest BCUT2D eigenvalue weighted by molar-refractivity contribution is 0.345. The standard InChI is InChI=1S/C14H15BrN2/c15-9-5-11-10-2-1-3-16-12(10)4-8-7-17-13(6-9)14(8)11/h5-7,10,12,16-17H,1-4H2/t10?,12-/m1/s1. The number of piperidine rings is 1. The molecule has 4 rings (SSSR count). The number of halogens is 1. The highest BCUT2D eigenvalue weighted by molar-refractivity contribution is 9.10. The van der Waals surface area contributed by atoms with Crippen molar-refractivity contribution >= 4 is 26.8 Å². The first kappa shape index (κ1) is 10.2. The Kier molecular flexibility index (Phi) is 2.15. The van der Waals surface area contributed by atoms with Gasteiger partial charge < -0.3 is 10.3 Å². The Hall–Kier alpha value is -0.800. The van der Waals surface area contributed by atoms with Crippen LogP contribution in [0.2, 0.25) is 0 Å². The maximum atomic E-state index is 3.68. The molecule has 0 saturated carbocycles. The van der Waals surface area contributed by atoms with Crippen molar-refractivity contribution in [2.45, 2.75) is 31.2 Å². The molecule has 0 bridgehead atoms. The summed E-state index contributed by atoms with van der Waals surface area (Å²) in [6.07, 6.45) is 6.00. The number of H-pyrrole nitrogens is 1. The van der Waals surface area contributed by atoms with Crippen molar-refractivity contribution in [1.82, 2.24) is 10.3 Å². The lowest BCUT2D eigenvalue weighted by atomic mass is 9.76. The fourth-order valence-electron chi connectivity index (χ4n) is 3.57. The zero-order chi connectivity index (χ0) is 11.4. The van der Waals surface area contributed by atoms with Gasteiger partial charge in [-0.1, -0.05) is 15.9 Å². The second-order valence-corrected chi connectivity index (χ2v) is 6.16. The second-order valence-electron chi connectivity index (χ2n) is 5.24. The van der Waals surface area contributed by atoms with Crippen LogP contribution >= 0.6 is 15.9 Å². The van der Waals surface area contributed by atoms with Gasteiger partial charge in [-0.05, 0) is 49.1 Å². The van der Waals surface area contributed by atoms with Gasteiger partial charge >= 0.3 is 0 Å². The van der Waals surface area contributed by atoms with Gasteiger partial charge in [0.05, 0.1) is 0 Å². The first-order valence-corrected chi connectivity index (χ1v) is 7.15. The van der Waals surface area contributed by atoms with E-state index in [9.17, 15) is 0 Å². The molecule has 2 nitrogen and oxygen atoms in total. The van der Waals surface area contributed by atoms with Crippen molar-refractivity contribution < 1.29 is 0 Å². The van der Waals surface area contributed by atoms with Crippen molar-refractivity contribution in [2.24, 2.45) is 0 Å². The van der Waals surface area contributed by atoms with Gasteiger partial charge in [-0.15, -0.1) is 0 Å². The summed E-state index contributed by atoms with van der Waals surface area (Å²) in [5.74, 6) is 0.701. The summed E-state index contributed by atoms with van der Waals surface area (Å²) in [5, 5.41) is 5.17. The van der Waals surface area contributed by atoms with Crippen LogP contribution in [0.15, 0.2) is 22.8 Å². The minimum atomic E-state index is 0.643. The van der Waals surface area contributed by atoms with E-state index in [1.54, 1.807) is 0 Å². The summed E-state index contributed by atoms with van der Waals surface area (Å²) in [7, 11) is 0. The number of hydrogen-bond donors (Lipinski definition) is 2. The zero-order valence-electron chi connectivity index (χ0n) is 9.59. The lowest BCUT2D eigenvalue weighted by Gasteiger charge is -2.36. The van der Waals surface area contributed by atoms with Crippen LogP contribution in [0.3, 0.4) is 0 Å². The summed E-state index contributed by atoms with van der Waals surface area (Å²) in [6.45, 7) is 1.18. The van der Waals surface area contributed by atoms with Crippen LogP contribution in [0.5, 0.6) is 0 Å². The molecule has 2 N–H and O–H groups in total. The molecule has 17 heavy (non-hydrogen) atoms. The molecule has 1 saturated heterocycles. The zero-order valence-corrected chi connectivity index (χ0v) is 11.2. The molecule has 1 fully saturated rings. The minimum absolute atomic E-state index is 0.643. The molecule has 1 aliphatic heterocycles. The highest BCUT2D eigenvalue weighted by Gasteiger charge is 2.32. The van der Waals surface area contributed by atoms with Crippen molar-refractivity contribution in [3.8, 4) is 0 Å². The van der Waals surface area contributed by atoms with E-state index in [-0.39, 0.29) is 0 Å². The van der Waals surface area contributed by atoms with Crippen LogP contribution in [-0.2, 0) is 6.42 Å². The average Bonchev–Trinajstić information content (AvgIpc) is 2.73. The maximum absolute atomic E-state index is 3.68. The molecule has 3 heteroatoms. The predicted octanol–water partition coefficient (Wildman–Crippen LogP) is 3.32. The molecular weight excluding hydrogens is 276 g/mol. The summed E-state index contributed by atoms with van der Waals surface area (Å²) in [6, 6.07) is 5.16. The fourth-order valence-corrected chi connectivity index (χ4v) is 4.04. The molecule has 2 heterocycles. The van der Waals surface area contributed by atoms with Crippen molar-refractivity contribution in [3.63, 3.8) is 0 Å². The lowest BCUT2D eigenvalue weighted by Crippen LogP contribution is -2.43. The van der Waals surface area contributed by atoms with E-state index < -0.39 is 0 Å². The van der Waals surface area contributed by atoms with E-state index in [1.807, 2.05) is 0 Å². The molecule has 1 unspecified atom stereocenters. The predicted molar refractivity (Wildman–Crippen MR) is 73.5 cm³/mol. The average molecular weight is 291 g/mol. The third-order valence-corrected chi connectivity index (χ3v) is 4.74. The minimum Gasteiger partial charge on any atom is -0.361 e. The second kappa shape index (κ2) is 3.59. The maximum Gasteiger partial charge on any atom is 0.0471 e. The topological polar surface area (TPSA) is 27.8 Å². The number of aromatic nitrogens is 1. The van der Waals surface area contributed by atoms with Crippen LogP contribution in [0.1, 0.15) is 29.9 Å². The van der Waals surface area contributed by atoms with Gasteiger partial charge in [0.15, 0.2) is 0 Å². The first-order chi connectivity index (χ1) is 8.33. The number of aromatic amines is 1. The highest BCUT2D eigenvalue weighted by atomic mass is 79.9. The number of nitrogens with one attached hydrogen (secondary N) is 2. The van der Waals surface area contributed by atoms with E-state index in [0.717, 1.165) is 0 Å². The van der Waals surface area contributed by atoms with E-state index in [4.69, 9.17) is 0 Å². The number of benzene rings is 1. The Balaban J connectivity index is 1.99. The largest absolute Gasteiger partial charge is 0.361 e. The normalized spacial score (nSPS) is 27.1. The monoisotopic (exact) mass is 290 g/mol. The van der Waals surface area contributed by atoms with Gasteiger partial charge in [-0.25, -0.2) is 0 Å². The van der Waals surface area contributed by atoms with Gasteiger partial charge in [0.2, 0.25) is 0 Å². The van der Waals surface area contributed by atoms with Gasteiger partial charge in [0.1, 0.15) is 0 Å². The van der Waals surface area contributed by atoms with Crippen molar-refractivity contribution in [1.29, 1.82) is 0 Å². The molecule has 1 aromatic heterocycles.